The van der Waals surface area contributed by atoms with Crippen molar-refractivity contribution in [1.29, 1.82) is 0 Å². The van der Waals surface area contributed by atoms with Crippen LogP contribution in [0.1, 0.15) is 47.5 Å². The highest BCUT2D eigenvalue weighted by molar-refractivity contribution is 5.84. The minimum absolute atomic E-state index is 0.0379. The number of piperidine rings is 1. The maximum absolute atomic E-state index is 10.9. The van der Waals surface area contributed by atoms with Crippen LogP contribution in [0.5, 0.6) is 0 Å². The first kappa shape index (κ1) is 14.0. The van der Waals surface area contributed by atoms with E-state index in [-0.39, 0.29) is 22.9 Å². The Morgan fingerprint density at radius 2 is 1.76 bits per heavy atom. The summed E-state index contributed by atoms with van der Waals surface area (Å²) in [6.07, 6.45) is 3.07. The molecule has 0 aromatic heterocycles. The monoisotopic (exact) mass is 241 g/mol. The number of ether oxygens (including phenoxy) is 1. The lowest BCUT2D eigenvalue weighted by molar-refractivity contribution is -0.138. The summed E-state index contributed by atoms with van der Waals surface area (Å²) in [4.78, 5) is 10.9. The molecule has 0 saturated carbocycles. The summed E-state index contributed by atoms with van der Waals surface area (Å²) in [5.74, 6) is -0.954. The van der Waals surface area contributed by atoms with Gasteiger partial charge in [0.05, 0.1) is 0 Å². The van der Waals surface area contributed by atoms with Crippen molar-refractivity contribution in [3.8, 4) is 0 Å². The Morgan fingerprint density at radius 1 is 1.29 bits per heavy atom. The van der Waals surface area contributed by atoms with Crippen LogP contribution in [0.4, 0.5) is 0 Å². The summed E-state index contributed by atoms with van der Waals surface area (Å²) in [7, 11) is 0. The van der Waals surface area contributed by atoms with Gasteiger partial charge in [0.1, 0.15) is 6.10 Å². The molecule has 4 nitrogen and oxygen atoms in total. The number of carbonyl (C=O) groups is 1. The van der Waals surface area contributed by atoms with E-state index < -0.39 is 5.97 Å². The third-order valence-corrected chi connectivity index (χ3v) is 2.92. The summed E-state index contributed by atoms with van der Waals surface area (Å²) in [5.41, 5.74) is -0.0759. The molecule has 0 atom stereocenters. The van der Waals surface area contributed by atoms with E-state index in [4.69, 9.17) is 9.84 Å². The molecule has 1 fully saturated rings. The van der Waals surface area contributed by atoms with Gasteiger partial charge in [-0.25, -0.2) is 4.79 Å². The zero-order chi connectivity index (χ0) is 13.3. The summed E-state index contributed by atoms with van der Waals surface area (Å²) < 4.78 is 5.59. The lowest BCUT2D eigenvalue weighted by Crippen LogP contribution is -2.59. The van der Waals surface area contributed by atoms with Crippen molar-refractivity contribution >= 4 is 5.97 Å². The molecule has 2 N–H and O–H groups in total. The molecule has 1 aliphatic heterocycles. The number of nitrogens with one attached hydrogen (secondary N) is 1. The predicted octanol–water partition coefficient (Wildman–Crippen LogP) is 2.30. The third-order valence-electron chi connectivity index (χ3n) is 2.92. The largest absolute Gasteiger partial charge is 0.483 e. The number of allylic oxidation sites excluding steroid dienone is 1. The zero-order valence-corrected chi connectivity index (χ0v) is 11.3. The SMILES string of the molecule is CC=C(OC1CC(C)(C)NC(C)(C)C1)C(=O)O. The van der Waals surface area contributed by atoms with Crippen LogP contribution in [0.3, 0.4) is 0 Å². The van der Waals surface area contributed by atoms with E-state index in [9.17, 15) is 4.79 Å². The fourth-order valence-electron chi connectivity index (χ4n) is 2.73. The van der Waals surface area contributed by atoms with Crippen molar-refractivity contribution in [2.45, 2.75) is 64.6 Å². The van der Waals surface area contributed by atoms with E-state index >= 15 is 0 Å². The number of hydrogen-bond donors (Lipinski definition) is 2. The number of aliphatic carboxylic acids is 1. The lowest BCUT2D eigenvalue weighted by atomic mass is 9.81. The van der Waals surface area contributed by atoms with E-state index in [1.807, 2.05) is 0 Å². The number of carboxylic acids is 1. The fraction of sp³-hybridized carbons (Fsp3) is 0.769. The number of carboxylic acid groups (broad SMARTS) is 1. The van der Waals surface area contributed by atoms with Gasteiger partial charge in [0, 0.05) is 23.9 Å². The van der Waals surface area contributed by atoms with Crippen LogP contribution < -0.4 is 5.32 Å². The summed E-state index contributed by atoms with van der Waals surface area (Å²) >= 11 is 0. The first-order valence-corrected chi connectivity index (χ1v) is 6.01. The predicted molar refractivity (Wildman–Crippen MR) is 66.8 cm³/mol. The quantitative estimate of drug-likeness (QED) is 0.588. The molecule has 0 aromatic carbocycles. The first-order chi connectivity index (χ1) is 7.65. The second-order valence-corrected chi connectivity index (χ2v) is 6.00. The van der Waals surface area contributed by atoms with Crippen LogP contribution in [0.15, 0.2) is 11.8 Å². The lowest BCUT2D eigenvalue weighted by Gasteiger charge is -2.46. The molecular formula is C13H23NO3. The fourth-order valence-corrected chi connectivity index (χ4v) is 2.73. The van der Waals surface area contributed by atoms with E-state index in [1.54, 1.807) is 6.92 Å². The number of rotatable bonds is 3. The minimum Gasteiger partial charge on any atom is -0.483 e. The van der Waals surface area contributed by atoms with Crippen molar-refractivity contribution in [1.82, 2.24) is 5.32 Å². The molecule has 0 aromatic rings. The first-order valence-electron chi connectivity index (χ1n) is 6.01. The van der Waals surface area contributed by atoms with Gasteiger partial charge in [0.25, 0.3) is 0 Å². The van der Waals surface area contributed by atoms with Gasteiger partial charge in [-0.1, -0.05) is 0 Å². The maximum atomic E-state index is 10.9. The molecule has 1 saturated heterocycles. The van der Waals surface area contributed by atoms with E-state index in [0.29, 0.717) is 0 Å². The van der Waals surface area contributed by atoms with Crippen LogP contribution in [0.25, 0.3) is 0 Å². The Morgan fingerprint density at radius 3 is 2.12 bits per heavy atom. The molecule has 0 aliphatic carbocycles. The molecule has 0 amide bonds. The van der Waals surface area contributed by atoms with E-state index in [2.05, 4.69) is 33.0 Å². The minimum atomic E-state index is -0.998. The molecule has 1 rings (SSSR count). The molecule has 0 spiro atoms. The molecule has 4 heteroatoms. The second-order valence-electron chi connectivity index (χ2n) is 6.00. The van der Waals surface area contributed by atoms with Crippen LogP contribution >= 0.6 is 0 Å². The van der Waals surface area contributed by atoms with Crippen molar-refractivity contribution in [2.75, 3.05) is 0 Å². The highest BCUT2D eigenvalue weighted by Crippen LogP contribution is 2.31. The molecular weight excluding hydrogens is 218 g/mol. The van der Waals surface area contributed by atoms with Crippen molar-refractivity contribution in [3.63, 3.8) is 0 Å². The van der Waals surface area contributed by atoms with Crippen LogP contribution in [0, 0.1) is 0 Å². The van der Waals surface area contributed by atoms with Crippen LogP contribution in [-0.4, -0.2) is 28.3 Å². The smallest absolute Gasteiger partial charge is 0.370 e. The molecule has 1 aliphatic rings. The van der Waals surface area contributed by atoms with E-state index in [0.717, 1.165) is 12.8 Å². The Labute approximate surface area is 103 Å². The summed E-state index contributed by atoms with van der Waals surface area (Å²) in [6, 6.07) is 0. The van der Waals surface area contributed by atoms with Gasteiger partial charge in [0.15, 0.2) is 5.76 Å². The van der Waals surface area contributed by atoms with Gasteiger partial charge < -0.3 is 15.2 Å². The second kappa shape index (κ2) is 4.69. The zero-order valence-electron chi connectivity index (χ0n) is 11.3. The summed E-state index contributed by atoms with van der Waals surface area (Å²) in [6.45, 7) is 10.1. The van der Waals surface area contributed by atoms with Gasteiger partial charge >= 0.3 is 5.97 Å². The average molecular weight is 241 g/mol. The van der Waals surface area contributed by atoms with Gasteiger partial charge in [-0.3, -0.25) is 0 Å². The Kier molecular flexibility index (Phi) is 3.87. The van der Waals surface area contributed by atoms with Gasteiger partial charge in [0.2, 0.25) is 0 Å². The van der Waals surface area contributed by atoms with Crippen LogP contribution in [0.2, 0.25) is 0 Å². The highest BCUT2D eigenvalue weighted by Gasteiger charge is 2.39. The van der Waals surface area contributed by atoms with Gasteiger partial charge in [-0.2, -0.15) is 0 Å². The molecule has 0 unspecified atom stereocenters. The Hall–Kier alpha value is -1.03. The van der Waals surface area contributed by atoms with Crippen molar-refractivity contribution < 1.29 is 14.6 Å². The average Bonchev–Trinajstić information content (AvgIpc) is 2.08. The topological polar surface area (TPSA) is 58.6 Å². The normalized spacial score (nSPS) is 24.4. The third kappa shape index (κ3) is 4.04. The van der Waals surface area contributed by atoms with Gasteiger partial charge in [-0.15, -0.1) is 0 Å². The molecule has 1 heterocycles. The number of hydrogen-bond acceptors (Lipinski definition) is 3. The molecule has 17 heavy (non-hydrogen) atoms. The van der Waals surface area contributed by atoms with E-state index in [1.165, 1.54) is 6.08 Å². The Bertz CT molecular complexity index is 316. The molecule has 0 radical (unpaired) electrons. The van der Waals surface area contributed by atoms with Crippen molar-refractivity contribution in [3.05, 3.63) is 11.8 Å². The molecule has 0 bridgehead atoms. The Balaban J connectivity index is 2.75. The van der Waals surface area contributed by atoms with Crippen molar-refractivity contribution in [2.24, 2.45) is 0 Å². The summed E-state index contributed by atoms with van der Waals surface area (Å²) in [5, 5.41) is 12.5. The van der Waals surface area contributed by atoms with Gasteiger partial charge in [-0.05, 0) is 40.7 Å². The van der Waals surface area contributed by atoms with Crippen LogP contribution in [-0.2, 0) is 9.53 Å². The molecule has 98 valence electrons. The highest BCUT2D eigenvalue weighted by atomic mass is 16.5. The standard InChI is InChI=1S/C13H23NO3/c1-6-10(11(15)16)17-9-7-12(2,3)14-13(4,5)8-9/h6,9,14H,7-8H2,1-5H3,(H,15,16). The maximum Gasteiger partial charge on any atom is 0.370 e.